The summed E-state index contributed by atoms with van der Waals surface area (Å²) >= 11 is 0. The van der Waals surface area contributed by atoms with E-state index in [1.165, 1.54) is 5.56 Å². The molecule has 0 aliphatic carbocycles. The molecule has 0 heterocycles. The standard InChI is InChI=1S/C24H25N3O2/c1-27(18-19-10-4-2-5-11-19)17-16-25-24(29)21-14-8-9-15-22(21)26-23(28)20-12-6-3-7-13-20/h2-15H,16-18H2,1H3,(H,25,29)(H,26,28). The number of nitrogens with one attached hydrogen (secondary N) is 2. The zero-order valence-electron chi connectivity index (χ0n) is 16.5. The molecular weight excluding hydrogens is 362 g/mol. The summed E-state index contributed by atoms with van der Waals surface area (Å²) in [5.74, 6) is -0.449. The number of benzene rings is 3. The molecule has 5 nitrogen and oxygen atoms in total. The molecule has 0 bridgehead atoms. The number of amides is 2. The van der Waals surface area contributed by atoms with Gasteiger partial charge in [-0.3, -0.25) is 9.59 Å². The molecule has 3 aromatic carbocycles. The van der Waals surface area contributed by atoms with Crippen LogP contribution >= 0.6 is 0 Å². The van der Waals surface area contributed by atoms with Crippen LogP contribution in [0.2, 0.25) is 0 Å². The minimum atomic E-state index is -0.242. The van der Waals surface area contributed by atoms with E-state index in [0.717, 1.165) is 13.1 Å². The molecule has 0 fully saturated rings. The molecule has 0 spiro atoms. The van der Waals surface area contributed by atoms with Gasteiger partial charge in [-0.15, -0.1) is 0 Å². The Morgan fingerprint density at radius 1 is 0.793 bits per heavy atom. The van der Waals surface area contributed by atoms with E-state index in [1.54, 1.807) is 48.5 Å². The molecule has 0 unspecified atom stereocenters. The monoisotopic (exact) mass is 387 g/mol. The van der Waals surface area contributed by atoms with E-state index < -0.39 is 0 Å². The first-order chi connectivity index (χ1) is 14.1. The first-order valence-corrected chi connectivity index (χ1v) is 9.59. The molecule has 0 aliphatic rings. The Bertz CT molecular complexity index is 943. The normalized spacial score (nSPS) is 10.6. The van der Waals surface area contributed by atoms with E-state index in [0.29, 0.717) is 23.4 Å². The second-order valence-corrected chi connectivity index (χ2v) is 6.85. The second-order valence-electron chi connectivity index (χ2n) is 6.85. The zero-order valence-corrected chi connectivity index (χ0v) is 16.5. The summed E-state index contributed by atoms with van der Waals surface area (Å²) in [6.07, 6.45) is 0. The van der Waals surface area contributed by atoms with Crippen LogP contribution in [-0.4, -0.2) is 36.9 Å². The number of hydrogen-bond acceptors (Lipinski definition) is 3. The number of anilines is 1. The average molecular weight is 387 g/mol. The van der Waals surface area contributed by atoms with E-state index in [4.69, 9.17) is 0 Å². The van der Waals surface area contributed by atoms with Crippen molar-refractivity contribution in [2.45, 2.75) is 6.54 Å². The van der Waals surface area contributed by atoms with Gasteiger partial charge in [0.1, 0.15) is 0 Å². The lowest BCUT2D eigenvalue weighted by Crippen LogP contribution is -2.33. The highest BCUT2D eigenvalue weighted by Gasteiger charge is 2.14. The summed E-state index contributed by atoms with van der Waals surface area (Å²) in [6.45, 7) is 2.06. The van der Waals surface area contributed by atoms with Gasteiger partial charge in [-0.05, 0) is 36.9 Å². The van der Waals surface area contributed by atoms with Crippen LogP contribution in [0.25, 0.3) is 0 Å². The third-order valence-electron chi connectivity index (χ3n) is 4.53. The SMILES string of the molecule is CN(CCNC(=O)c1ccccc1NC(=O)c1ccccc1)Cc1ccccc1. The van der Waals surface area contributed by atoms with Gasteiger partial charge in [0, 0.05) is 25.2 Å². The summed E-state index contributed by atoms with van der Waals surface area (Å²) in [5.41, 5.74) is 2.72. The van der Waals surface area contributed by atoms with Crippen LogP contribution in [0.5, 0.6) is 0 Å². The van der Waals surface area contributed by atoms with E-state index in [2.05, 4.69) is 27.7 Å². The molecule has 148 valence electrons. The van der Waals surface area contributed by atoms with Gasteiger partial charge in [-0.2, -0.15) is 0 Å². The Morgan fingerprint density at radius 2 is 1.41 bits per heavy atom. The number of hydrogen-bond donors (Lipinski definition) is 2. The Balaban J connectivity index is 1.55. The highest BCUT2D eigenvalue weighted by atomic mass is 16.2. The van der Waals surface area contributed by atoms with Crippen molar-refractivity contribution in [3.8, 4) is 0 Å². The third kappa shape index (κ3) is 6.02. The molecule has 0 saturated heterocycles. The molecule has 3 rings (SSSR count). The van der Waals surface area contributed by atoms with Crippen LogP contribution in [0.1, 0.15) is 26.3 Å². The summed E-state index contributed by atoms with van der Waals surface area (Å²) < 4.78 is 0. The maximum Gasteiger partial charge on any atom is 0.255 e. The van der Waals surface area contributed by atoms with Gasteiger partial charge < -0.3 is 15.5 Å². The van der Waals surface area contributed by atoms with Crippen LogP contribution in [0.3, 0.4) is 0 Å². The van der Waals surface area contributed by atoms with Gasteiger partial charge in [0.25, 0.3) is 11.8 Å². The lowest BCUT2D eigenvalue weighted by Gasteiger charge is -2.17. The van der Waals surface area contributed by atoms with E-state index in [-0.39, 0.29) is 11.8 Å². The van der Waals surface area contributed by atoms with Gasteiger partial charge >= 0.3 is 0 Å². The first-order valence-electron chi connectivity index (χ1n) is 9.59. The zero-order chi connectivity index (χ0) is 20.5. The Hall–Kier alpha value is -3.44. The molecule has 0 radical (unpaired) electrons. The number of carbonyl (C=O) groups is 2. The molecule has 0 saturated carbocycles. The van der Waals surface area contributed by atoms with Crippen molar-refractivity contribution in [3.05, 3.63) is 102 Å². The Morgan fingerprint density at radius 3 is 2.14 bits per heavy atom. The molecule has 3 aromatic rings. The number of likely N-dealkylation sites (N-methyl/N-ethyl adjacent to an activating group) is 1. The average Bonchev–Trinajstić information content (AvgIpc) is 2.75. The Labute approximate surface area is 171 Å². The molecule has 0 aromatic heterocycles. The fourth-order valence-corrected chi connectivity index (χ4v) is 3.00. The molecule has 5 heteroatoms. The van der Waals surface area contributed by atoms with Gasteiger partial charge in [-0.1, -0.05) is 60.7 Å². The highest BCUT2D eigenvalue weighted by molar-refractivity contribution is 6.08. The first kappa shape index (κ1) is 20.3. The van der Waals surface area contributed by atoms with E-state index in [9.17, 15) is 9.59 Å². The van der Waals surface area contributed by atoms with Crippen molar-refractivity contribution in [3.63, 3.8) is 0 Å². The molecule has 2 N–H and O–H groups in total. The lowest BCUT2D eigenvalue weighted by molar-refractivity contribution is 0.0950. The van der Waals surface area contributed by atoms with Crippen molar-refractivity contribution in [1.29, 1.82) is 0 Å². The molecule has 0 atom stereocenters. The van der Waals surface area contributed by atoms with Crippen molar-refractivity contribution in [2.24, 2.45) is 0 Å². The Kier molecular flexibility index (Phi) is 7.14. The largest absolute Gasteiger partial charge is 0.351 e. The van der Waals surface area contributed by atoms with Crippen LogP contribution < -0.4 is 10.6 Å². The molecule has 2 amide bonds. The number of para-hydroxylation sites is 1. The lowest BCUT2D eigenvalue weighted by atomic mass is 10.1. The number of rotatable bonds is 8. The van der Waals surface area contributed by atoms with Gasteiger partial charge in [0.15, 0.2) is 0 Å². The van der Waals surface area contributed by atoms with Crippen molar-refractivity contribution < 1.29 is 9.59 Å². The number of nitrogens with zero attached hydrogens (tertiary/aromatic N) is 1. The van der Waals surface area contributed by atoms with Gasteiger partial charge in [-0.25, -0.2) is 0 Å². The molecule has 0 aliphatic heterocycles. The predicted molar refractivity (Wildman–Crippen MR) is 116 cm³/mol. The minimum Gasteiger partial charge on any atom is -0.351 e. The fourth-order valence-electron chi connectivity index (χ4n) is 3.00. The van der Waals surface area contributed by atoms with Gasteiger partial charge in [0.2, 0.25) is 0 Å². The topological polar surface area (TPSA) is 61.4 Å². The second kappa shape index (κ2) is 10.2. The predicted octanol–water partition coefficient (Wildman–Crippen LogP) is 3.80. The summed E-state index contributed by atoms with van der Waals surface area (Å²) in [4.78, 5) is 27.2. The summed E-state index contributed by atoms with van der Waals surface area (Å²) in [7, 11) is 2.02. The molecule has 29 heavy (non-hydrogen) atoms. The van der Waals surface area contributed by atoms with Crippen LogP contribution in [-0.2, 0) is 6.54 Å². The van der Waals surface area contributed by atoms with Crippen LogP contribution in [0.15, 0.2) is 84.9 Å². The van der Waals surface area contributed by atoms with Crippen LogP contribution in [0.4, 0.5) is 5.69 Å². The smallest absolute Gasteiger partial charge is 0.255 e. The summed E-state index contributed by atoms with van der Waals surface area (Å²) in [6, 6.07) is 26.2. The maximum atomic E-state index is 12.6. The molecular formula is C24H25N3O2. The fraction of sp³-hybridized carbons (Fsp3) is 0.167. The maximum absolute atomic E-state index is 12.6. The third-order valence-corrected chi connectivity index (χ3v) is 4.53. The quantitative estimate of drug-likeness (QED) is 0.618. The van der Waals surface area contributed by atoms with Crippen molar-refractivity contribution in [1.82, 2.24) is 10.2 Å². The van der Waals surface area contributed by atoms with Crippen molar-refractivity contribution >= 4 is 17.5 Å². The van der Waals surface area contributed by atoms with Gasteiger partial charge in [0.05, 0.1) is 11.3 Å². The summed E-state index contributed by atoms with van der Waals surface area (Å²) in [5, 5.41) is 5.77. The van der Waals surface area contributed by atoms with E-state index >= 15 is 0 Å². The number of carbonyl (C=O) groups excluding carboxylic acids is 2. The van der Waals surface area contributed by atoms with Crippen LogP contribution in [0, 0.1) is 0 Å². The highest BCUT2D eigenvalue weighted by Crippen LogP contribution is 2.16. The minimum absolute atomic E-state index is 0.206. The van der Waals surface area contributed by atoms with E-state index in [1.807, 2.05) is 31.3 Å². The van der Waals surface area contributed by atoms with Crippen molar-refractivity contribution in [2.75, 3.05) is 25.5 Å².